The Hall–Kier alpha value is -2.04. The Labute approximate surface area is 110 Å². The first-order valence-electron chi connectivity index (χ1n) is 6.51. The molecule has 3 rings (SSSR count). The second kappa shape index (κ2) is 4.91. The van der Waals surface area contributed by atoms with Crippen LogP contribution in [-0.4, -0.2) is 15.7 Å². The maximum atomic E-state index is 13.0. The van der Waals surface area contributed by atoms with Crippen LogP contribution >= 0.6 is 0 Å². The fourth-order valence-corrected chi connectivity index (χ4v) is 2.15. The predicted molar refractivity (Wildman–Crippen MR) is 71.9 cm³/mol. The largest absolute Gasteiger partial charge is 0.383 e. The van der Waals surface area contributed by atoms with Gasteiger partial charge in [0.1, 0.15) is 5.82 Å². The highest BCUT2D eigenvalue weighted by Gasteiger charge is 2.25. The van der Waals surface area contributed by atoms with Gasteiger partial charge in [0.25, 0.3) is 0 Å². The summed E-state index contributed by atoms with van der Waals surface area (Å²) in [5, 5.41) is 3.11. The van der Waals surface area contributed by atoms with Crippen LogP contribution in [0.4, 0.5) is 10.1 Å². The lowest BCUT2D eigenvalue weighted by molar-refractivity contribution is 0.625. The summed E-state index contributed by atoms with van der Waals surface area (Å²) in [4.78, 5) is 12.0. The number of nitrogens with zero attached hydrogens (tertiary/aromatic N) is 2. The van der Waals surface area contributed by atoms with Gasteiger partial charge in [0.2, 0.25) is 0 Å². The van der Waals surface area contributed by atoms with E-state index < -0.39 is 0 Å². The number of benzene rings is 1. The number of halogens is 1. The molecule has 100 valence electrons. The molecule has 0 amide bonds. The van der Waals surface area contributed by atoms with Crippen molar-refractivity contribution in [3.05, 3.63) is 53.0 Å². The maximum Gasteiger partial charge on any atom is 0.328 e. The van der Waals surface area contributed by atoms with Gasteiger partial charge in [-0.1, -0.05) is 6.07 Å². The van der Waals surface area contributed by atoms with Crippen LogP contribution in [0.25, 0.3) is 0 Å². The third-order valence-corrected chi connectivity index (χ3v) is 3.32. The quantitative estimate of drug-likeness (QED) is 0.896. The fourth-order valence-electron chi connectivity index (χ4n) is 2.15. The van der Waals surface area contributed by atoms with Crippen molar-refractivity contribution in [2.45, 2.75) is 25.4 Å². The van der Waals surface area contributed by atoms with Crippen LogP contribution < -0.4 is 11.0 Å². The van der Waals surface area contributed by atoms with Gasteiger partial charge in [-0.2, -0.15) is 0 Å². The molecule has 5 heteroatoms. The summed E-state index contributed by atoms with van der Waals surface area (Å²) < 4.78 is 16.5. The van der Waals surface area contributed by atoms with Crippen LogP contribution in [0.5, 0.6) is 0 Å². The third-order valence-electron chi connectivity index (χ3n) is 3.32. The molecule has 1 heterocycles. The van der Waals surface area contributed by atoms with E-state index in [0.29, 0.717) is 19.1 Å². The summed E-state index contributed by atoms with van der Waals surface area (Å²) in [6.07, 6.45) is 5.87. The minimum Gasteiger partial charge on any atom is -0.383 e. The number of anilines is 1. The predicted octanol–water partition coefficient (Wildman–Crippen LogP) is 2.24. The normalized spacial score (nSPS) is 14.6. The van der Waals surface area contributed by atoms with E-state index in [1.165, 1.54) is 12.1 Å². The standard InChI is InChI=1S/C14H16FN3O/c15-11-2-1-3-12(10-11)16-6-7-17-8-9-18(14(17)19)13-4-5-13/h1-3,8-10,13,16H,4-7H2. The van der Waals surface area contributed by atoms with Gasteiger partial charge in [-0.3, -0.25) is 9.13 Å². The number of rotatable bonds is 5. The minimum absolute atomic E-state index is 0.0449. The van der Waals surface area contributed by atoms with Crippen LogP contribution in [0.3, 0.4) is 0 Å². The molecule has 4 nitrogen and oxygen atoms in total. The van der Waals surface area contributed by atoms with Crippen molar-refractivity contribution in [2.24, 2.45) is 0 Å². The van der Waals surface area contributed by atoms with Crippen LogP contribution in [-0.2, 0) is 6.54 Å². The second-order valence-electron chi connectivity index (χ2n) is 4.85. The molecule has 0 aliphatic heterocycles. The Balaban J connectivity index is 1.59. The van der Waals surface area contributed by atoms with Crippen molar-refractivity contribution in [1.82, 2.24) is 9.13 Å². The van der Waals surface area contributed by atoms with E-state index in [-0.39, 0.29) is 11.5 Å². The van der Waals surface area contributed by atoms with Gasteiger partial charge in [-0.15, -0.1) is 0 Å². The highest BCUT2D eigenvalue weighted by atomic mass is 19.1. The summed E-state index contributed by atoms with van der Waals surface area (Å²) in [6.45, 7) is 1.17. The molecule has 1 fully saturated rings. The molecule has 1 aromatic heterocycles. The zero-order chi connectivity index (χ0) is 13.2. The van der Waals surface area contributed by atoms with Gasteiger partial charge in [-0.05, 0) is 31.0 Å². The zero-order valence-corrected chi connectivity index (χ0v) is 10.6. The Morgan fingerprint density at radius 2 is 2.16 bits per heavy atom. The van der Waals surface area contributed by atoms with Gasteiger partial charge in [-0.25, -0.2) is 9.18 Å². The van der Waals surface area contributed by atoms with Crippen molar-refractivity contribution in [1.29, 1.82) is 0 Å². The van der Waals surface area contributed by atoms with Crippen molar-refractivity contribution in [3.63, 3.8) is 0 Å². The van der Waals surface area contributed by atoms with Gasteiger partial charge >= 0.3 is 5.69 Å². The number of nitrogens with one attached hydrogen (secondary N) is 1. The van der Waals surface area contributed by atoms with E-state index >= 15 is 0 Å². The van der Waals surface area contributed by atoms with E-state index in [0.717, 1.165) is 18.5 Å². The van der Waals surface area contributed by atoms with Crippen LogP contribution in [0, 0.1) is 5.82 Å². The fraction of sp³-hybridized carbons (Fsp3) is 0.357. The van der Waals surface area contributed by atoms with Crippen LogP contribution in [0.1, 0.15) is 18.9 Å². The van der Waals surface area contributed by atoms with E-state index in [9.17, 15) is 9.18 Å². The second-order valence-corrected chi connectivity index (χ2v) is 4.85. The highest BCUT2D eigenvalue weighted by molar-refractivity contribution is 5.42. The molecular formula is C14H16FN3O. The topological polar surface area (TPSA) is 39.0 Å². The van der Waals surface area contributed by atoms with Crippen molar-refractivity contribution >= 4 is 5.69 Å². The van der Waals surface area contributed by atoms with Gasteiger partial charge in [0, 0.05) is 37.2 Å². The summed E-state index contributed by atoms with van der Waals surface area (Å²) in [5.41, 5.74) is 0.776. The van der Waals surface area contributed by atoms with Crippen LogP contribution in [0.2, 0.25) is 0 Å². The van der Waals surface area contributed by atoms with Crippen molar-refractivity contribution < 1.29 is 4.39 Å². The molecule has 19 heavy (non-hydrogen) atoms. The van der Waals surface area contributed by atoms with E-state index in [1.807, 2.05) is 12.4 Å². The lowest BCUT2D eigenvalue weighted by Crippen LogP contribution is -2.25. The Bertz CT molecular complexity index is 628. The number of aromatic nitrogens is 2. The van der Waals surface area contributed by atoms with Gasteiger partial charge in [0.15, 0.2) is 0 Å². The zero-order valence-electron chi connectivity index (χ0n) is 10.6. The monoisotopic (exact) mass is 261 g/mol. The summed E-state index contributed by atoms with van der Waals surface area (Å²) >= 11 is 0. The summed E-state index contributed by atoms with van der Waals surface area (Å²) in [7, 11) is 0. The molecule has 0 unspecified atom stereocenters. The molecule has 0 spiro atoms. The van der Waals surface area contributed by atoms with Crippen LogP contribution in [0.15, 0.2) is 41.5 Å². The maximum absolute atomic E-state index is 13.0. The lowest BCUT2D eigenvalue weighted by atomic mass is 10.3. The Morgan fingerprint density at radius 3 is 2.89 bits per heavy atom. The smallest absolute Gasteiger partial charge is 0.328 e. The molecule has 2 aromatic rings. The Morgan fingerprint density at radius 1 is 1.32 bits per heavy atom. The first kappa shape index (κ1) is 12.0. The molecule has 1 aliphatic rings. The molecule has 1 aromatic carbocycles. The van der Waals surface area contributed by atoms with Crippen molar-refractivity contribution in [3.8, 4) is 0 Å². The molecule has 1 aliphatic carbocycles. The molecular weight excluding hydrogens is 245 g/mol. The van der Waals surface area contributed by atoms with E-state index in [2.05, 4.69) is 5.32 Å². The molecule has 0 atom stereocenters. The molecule has 0 radical (unpaired) electrons. The van der Waals surface area contributed by atoms with Gasteiger partial charge in [0.05, 0.1) is 0 Å². The molecule has 0 saturated heterocycles. The minimum atomic E-state index is -0.262. The first-order valence-corrected chi connectivity index (χ1v) is 6.51. The number of imidazole rings is 1. The number of hydrogen-bond donors (Lipinski definition) is 1. The third kappa shape index (κ3) is 2.70. The van der Waals surface area contributed by atoms with Gasteiger partial charge < -0.3 is 5.32 Å². The molecule has 1 N–H and O–H groups in total. The molecule has 1 saturated carbocycles. The SMILES string of the molecule is O=c1n(CCNc2cccc(F)c2)ccn1C1CC1. The van der Waals surface area contributed by atoms with Crippen molar-refractivity contribution in [2.75, 3.05) is 11.9 Å². The summed E-state index contributed by atoms with van der Waals surface area (Å²) in [5.74, 6) is -0.262. The average Bonchev–Trinajstić information content (AvgIpc) is 3.16. The lowest BCUT2D eigenvalue weighted by Gasteiger charge is -2.06. The molecule has 0 bridgehead atoms. The first-order chi connectivity index (χ1) is 9.24. The van der Waals surface area contributed by atoms with E-state index in [1.54, 1.807) is 21.3 Å². The Kier molecular flexibility index (Phi) is 3.11. The highest BCUT2D eigenvalue weighted by Crippen LogP contribution is 2.33. The summed E-state index contributed by atoms with van der Waals surface area (Å²) in [6, 6.07) is 6.72. The average molecular weight is 261 g/mol. The number of hydrogen-bond acceptors (Lipinski definition) is 2. The van der Waals surface area contributed by atoms with E-state index in [4.69, 9.17) is 0 Å².